The summed E-state index contributed by atoms with van der Waals surface area (Å²) in [6, 6.07) is 0. The molecular weight excluding hydrogens is 148 g/mol. The van der Waals surface area contributed by atoms with Gasteiger partial charge in [0.25, 0.3) is 0 Å². The van der Waals surface area contributed by atoms with Gasteiger partial charge in [-0.1, -0.05) is 0 Å². The average Bonchev–Trinajstić information content (AvgIpc) is 2.41. The van der Waals surface area contributed by atoms with Crippen molar-refractivity contribution in [3.8, 4) is 5.88 Å². The van der Waals surface area contributed by atoms with Crippen molar-refractivity contribution >= 4 is 11.3 Å². The van der Waals surface area contributed by atoms with E-state index < -0.39 is 0 Å². The third-order valence-electron chi connectivity index (χ3n) is 1.01. The van der Waals surface area contributed by atoms with E-state index in [2.05, 4.69) is 4.98 Å². The fourth-order valence-electron chi connectivity index (χ4n) is 0.533. The van der Waals surface area contributed by atoms with Crippen molar-refractivity contribution in [2.45, 2.75) is 6.42 Å². The summed E-state index contributed by atoms with van der Waals surface area (Å²) in [6.07, 6.45) is 0.886. The minimum absolute atomic E-state index is 0.667. The predicted molar refractivity (Wildman–Crippen MR) is 41.3 cm³/mol. The van der Waals surface area contributed by atoms with Gasteiger partial charge in [-0.25, -0.2) is 4.98 Å². The summed E-state index contributed by atoms with van der Waals surface area (Å²) in [5.74, 6) is 0.707. The second-order valence-corrected chi connectivity index (χ2v) is 2.54. The zero-order valence-electron chi connectivity index (χ0n) is 5.62. The maximum absolute atomic E-state index is 5.27. The van der Waals surface area contributed by atoms with Crippen LogP contribution in [0.1, 0.15) is 6.42 Å². The van der Waals surface area contributed by atoms with Gasteiger partial charge in [0.15, 0.2) is 0 Å². The molecule has 0 aliphatic heterocycles. The average molecular weight is 158 g/mol. The summed E-state index contributed by atoms with van der Waals surface area (Å²) in [6.45, 7) is 1.34. The van der Waals surface area contributed by atoms with E-state index in [4.69, 9.17) is 10.5 Å². The Morgan fingerprint density at radius 3 is 3.20 bits per heavy atom. The molecule has 0 bridgehead atoms. The first-order chi connectivity index (χ1) is 4.93. The summed E-state index contributed by atoms with van der Waals surface area (Å²) < 4.78 is 5.21. The van der Waals surface area contributed by atoms with Crippen LogP contribution in [0, 0.1) is 0 Å². The molecule has 0 aliphatic carbocycles. The van der Waals surface area contributed by atoms with Gasteiger partial charge in [-0.15, -0.1) is 11.3 Å². The molecule has 0 saturated carbocycles. The van der Waals surface area contributed by atoms with Crippen LogP contribution in [0.25, 0.3) is 0 Å². The third kappa shape index (κ3) is 2.33. The first kappa shape index (κ1) is 7.50. The molecule has 1 rings (SSSR count). The minimum Gasteiger partial charge on any atom is -0.477 e. The number of hydrogen-bond donors (Lipinski definition) is 1. The Balaban J connectivity index is 2.15. The van der Waals surface area contributed by atoms with Crippen LogP contribution >= 0.6 is 11.3 Å². The van der Waals surface area contributed by atoms with Gasteiger partial charge in [0, 0.05) is 0 Å². The number of ether oxygens (including phenoxy) is 1. The number of thiazole rings is 1. The Kier molecular flexibility index (Phi) is 3.18. The summed E-state index contributed by atoms with van der Waals surface area (Å²) in [5, 5.41) is 1.87. The van der Waals surface area contributed by atoms with Gasteiger partial charge in [-0.3, -0.25) is 0 Å². The number of rotatable bonds is 4. The lowest BCUT2D eigenvalue weighted by Crippen LogP contribution is -2.05. The fourth-order valence-corrected chi connectivity index (χ4v) is 1.00. The Labute approximate surface area is 63.8 Å². The predicted octanol–water partition coefficient (Wildman–Crippen LogP) is 0.871. The highest BCUT2D eigenvalue weighted by Gasteiger charge is 1.91. The highest BCUT2D eigenvalue weighted by molar-refractivity contribution is 7.07. The Bertz CT molecular complexity index is 164. The van der Waals surface area contributed by atoms with Gasteiger partial charge in [-0.2, -0.15) is 0 Å². The Morgan fingerprint density at radius 2 is 2.60 bits per heavy atom. The highest BCUT2D eigenvalue weighted by Crippen LogP contribution is 2.09. The lowest BCUT2D eigenvalue weighted by atomic mass is 10.5. The number of nitrogens with zero attached hydrogens (tertiary/aromatic N) is 1. The van der Waals surface area contributed by atoms with Gasteiger partial charge >= 0.3 is 0 Å². The molecule has 0 aromatic carbocycles. The number of aromatic nitrogens is 1. The van der Waals surface area contributed by atoms with Crippen molar-refractivity contribution in [2.75, 3.05) is 13.2 Å². The summed E-state index contributed by atoms with van der Waals surface area (Å²) >= 11 is 1.53. The summed E-state index contributed by atoms with van der Waals surface area (Å²) in [4.78, 5) is 3.94. The Hall–Kier alpha value is -0.610. The molecule has 1 heterocycles. The van der Waals surface area contributed by atoms with Crippen LogP contribution in [-0.2, 0) is 0 Å². The maximum Gasteiger partial charge on any atom is 0.224 e. The molecule has 56 valence electrons. The van der Waals surface area contributed by atoms with E-state index in [9.17, 15) is 0 Å². The minimum atomic E-state index is 0.667. The first-order valence-corrected chi connectivity index (χ1v) is 4.09. The molecule has 0 saturated heterocycles. The van der Waals surface area contributed by atoms with Crippen LogP contribution in [0.2, 0.25) is 0 Å². The molecule has 0 amide bonds. The van der Waals surface area contributed by atoms with Gasteiger partial charge in [0.1, 0.15) is 0 Å². The van der Waals surface area contributed by atoms with Crippen molar-refractivity contribution in [1.82, 2.24) is 4.98 Å². The van der Waals surface area contributed by atoms with Crippen LogP contribution in [-0.4, -0.2) is 18.1 Å². The van der Waals surface area contributed by atoms with Crippen molar-refractivity contribution in [2.24, 2.45) is 5.73 Å². The van der Waals surface area contributed by atoms with Gasteiger partial charge in [0.05, 0.1) is 17.5 Å². The van der Waals surface area contributed by atoms with Crippen LogP contribution in [0.5, 0.6) is 5.88 Å². The Morgan fingerprint density at radius 1 is 1.70 bits per heavy atom. The van der Waals surface area contributed by atoms with E-state index in [1.165, 1.54) is 11.3 Å². The molecule has 0 aliphatic rings. The van der Waals surface area contributed by atoms with Crippen LogP contribution in [0.4, 0.5) is 0 Å². The lowest BCUT2D eigenvalue weighted by Gasteiger charge is -1.98. The maximum atomic E-state index is 5.27. The molecule has 0 spiro atoms. The largest absolute Gasteiger partial charge is 0.477 e. The molecule has 0 fully saturated rings. The van der Waals surface area contributed by atoms with Gasteiger partial charge in [0.2, 0.25) is 5.88 Å². The smallest absolute Gasteiger partial charge is 0.224 e. The first-order valence-electron chi connectivity index (χ1n) is 3.14. The van der Waals surface area contributed by atoms with Crippen molar-refractivity contribution in [3.63, 3.8) is 0 Å². The second-order valence-electron chi connectivity index (χ2n) is 1.82. The number of hydrogen-bond acceptors (Lipinski definition) is 4. The molecular formula is C6H10N2OS. The lowest BCUT2D eigenvalue weighted by molar-refractivity contribution is 0.303. The molecule has 0 atom stereocenters. The second kappa shape index (κ2) is 4.24. The van der Waals surface area contributed by atoms with E-state index in [0.29, 0.717) is 19.0 Å². The van der Waals surface area contributed by atoms with Crippen LogP contribution < -0.4 is 10.5 Å². The van der Waals surface area contributed by atoms with Crippen LogP contribution in [0.15, 0.2) is 10.9 Å². The fraction of sp³-hybridized carbons (Fsp3) is 0.500. The molecule has 0 radical (unpaired) electrons. The third-order valence-corrected chi connectivity index (χ3v) is 1.57. The zero-order valence-corrected chi connectivity index (χ0v) is 6.43. The monoisotopic (exact) mass is 158 g/mol. The van der Waals surface area contributed by atoms with Crippen molar-refractivity contribution in [1.29, 1.82) is 0 Å². The van der Waals surface area contributed by atoms with E-state index >= 15 is 0 Å². The quantitative estimate of drug-likeness (QED) is 0.661. The molecule has 0 unspecified atom stereocenters. The zero-order chi connectivity index (χ0) is 7.23. The molecule has 2 N–H and O–H groups in total. The van der Waals surface area contributed by atoms with E-state index in [0.717, 1.165) is 6.42 Å². The van der Waals surface area contributed by atoms with E-state index in [-0.39, 0.29) is 0 Å². The molecule has 1 aromatic heterocycles. The van der Waals surface area contributed by atoms with E-state index in [1.807, 2.05) is 5.38 Å². The molecule has 4 heteroatoms. The van der Waals surface area contributed by atoms with Gasteiger partial charge in [-0.05, 0) is 13.0 Å². The van der Waals surface area contributed by atoms with Crippen LogP contribution in [0.3, 0.4) is 0 Å². The highest BCUT2D eigenvalue weighted by atomic mass is 32.1. The molecule has 1 aromatic rings. The number of nitrogens with two attached hydrogens (primary N) is 1. The topological polar surface area (TPSA) is 48.1 Å². The molecule has 3 nitrogen and oxygen atoms in total. The van der Waals surface area contributed by atoms with E-state index in [1.54, 1.807) is 5.51 Å². The van der Waals surface area contributed by atoms with Crippen molar-refractivity contribution in [3.05, 3.63) is 10.9 Å². The summed E-state index contributed by atoms with van der Waals surface area (Å²) in [5.41, 5.74) is 7.02. The molecule has 10 heavy (non-hydrogen) atoms. The normalized spacial score (nSPS) is 9.70. The van der Waals surface area contributed by atoms with Crippen molar-refractivity contribution < 1.29 is 4.74 Å². The SMILES string of the molecule is NCCCOc1cscn1. The van der Waals surface area contributed by atoms with Gasteiger partial charge < -0.3 is 10.5 Å². The standard InChI is InChI=1S/C6H10N2OS/c7-2-1-3-9-6-4-10-5-8-6/h4-5H,1-3,7H2. The summed E-state index contributed by atoms with van der Waals surface area (Å²) in [7, 11) is 0.